The average molecular weight is 186 g/mol. The summed E-state index contributed by atoms with van der Waals surface area (Å²) in [6, 6.07) is 1.82. The minimum Gasteiger partial charge on any atom is -0.465 e. The summed E-state index contributed by atoms with van der Waals surface area (Å²) in [5.41, 5.74) is 0.644. The van der Waals surface area contributed by atoms with Gasteiger partial charge in [0.2, 0.25) is 0 Å². The van der Waals surface area contributed by atoms with Crippen molar-refractivity contribution in [1.82, 2.24) is 0 Å². The van der Waals surface area contributed by atoms with Crippen LogP contribution in [0.5, 0.6) is 0 Å². The van der Waals surface area contributed by atoms with Crippen LogP contribution in [-0.4, -0.2) is 13.1 Å². The zero-order chi connectivity index (χ0) is 9.56. The zero-order valence-electron chi connectivity index (χ0n) is 7.88. The number of hydrogen-bond acceptors (Lipinski definition) is 3. The molecule has 0 aliphatic heterocycles. The van der Waals surface area contributed by atoms with Gasteiger partial charge in [-0.3, -0.25) is 0 Å². The number of methoxy groups -OCH3 is 1. The van der Waals surface area contributed by atoms with Crippen molar-refractivity contribution in [3.05, 3.63) is 21.9 Å². The fourth-order valence-electron chi connectivity index (χ4n) is 0.668. The lowest BCUT2D eigenvalue weighted by Crippen LogP contribution is -1.97. The monoisotopic (exact) mass is 186 g/mol. The third kappa shape index (κ3) is 3.05. The van der Waals surface area contributed by atoms with Crippen LogP contribution in [0.15, 0.2) is 11.4 Å². The summed E-state index contributed by atoms with van der Waals surface area (Å²) in [5, 5.41) is 1.79. The topological polar surface area (TPSA) is 26.3 Å². The predicted octanol–water partition coefficient (Wildman–Crippen LogP) is 2.87. The lowest BCUT2D eigenvalue weighted by Gasteiger charge is -1.90. The van der Waals surface area contributed by atoms with Crippen molar-refractivity contribution in [3.8, 4) is 0 Å². The molecule has 3 heteroatoms. The molecule has 0 aromatic carbocycles. The third-order valence-corrected chi connectivity index (χ3v) is 2.01. The number of esters is 1. The van der Waals surface area contributed by atoms with Gasteiger partial charge in [-0.05, 0) is 13.0 Å². The zero-order valence-corrected chi connectivity index (χ0v) is 8.70. The Morgan fingerprint density at radius 3 is 2.42 bits per heavy atom. The molecule has 1 aromatic rings. The summed E-state index contributed by atoms with van der Waals surface area (Å²) in [7, 11) is 1.38. The van der Waals surface area contributed by atoms with Crippen molar-refractivity contribution < 1.29 is 9.53 Å². The summed E-state index contributed by atoms with van der Waals surface area (Å²) < 4.78 is 4.52. The number of ether oxygens (including phenoxy) is 1. The third-order valence-electron chi connectivity index (χ3n) is 1.15. The molecule has 1 aromatic heterocycles. The SMILES string of the molecule is CC.COC(=O)c1csc(C)c1. The van der Waals surface area contributed by atoms with E-state index in [9.17, 15) is 4.79 Å². The van der Waals surface area contributed by atoms with E-state index in [2.05, 4.69) is 4.74 Å². The average Bonchev–Trinajstić information content (AvgIpc) is 2.54. The molecule has 0 spiro atoms. The van der Waals surface area contributed by atoms with Crippen molar-refractivity contribution in [3.63, 3.8) is 0 Å². The van der Waals surface area contributed by atoms with Crippen molar-refractivity contribution in [2.24, 2.45) is 0 Å². The highest BCUT2D eigenvalue weighted by molar-refractivity contribution is 7.10. The van der Waals surface area contributed by atoms with Crippen molar-refractivity contribution >= 4 is 17.3 Å². The van der Waals surface area contributed by atoms with E-state index in [1.165, 1.54) is 7.11 Å². The van der Waals surface area contributed by atoms with E-state index >= 15 is 0 Å². The molecule has 0 saturated carbocycles. The first kappa shape index (κ1) is 11.2. The second-order valence-electron chi connectivity index (χ2n) is 1.94. The molecule has 0 aliphatic rings. The fourth-order valence-corrected chi connectivity index (χ4v) is 1.34. The lowest BCUT2D eigenvalue weighted by molar-refractivity contribution is 0.0601. The van der Waals surface area contributed by atoms with Crippen LogP contribution in [0, 0.1) is 6.92 Å². The van der Waals surface area contributed by atoms with Gasteiger partial charge in [-0.2, -0.15) is 0 Å². The van der Waals surface area contributed by atoms with Gasteiger partial charge < -0.3 is 4.74 Å². The van der Waals surface area contributed by atoms with Gasteiger partial charge >= 0.3 is 5.97 Å². The van der Waals surface area contributed by atoms with E-state index < -0.39 is 0 Å². The molecule has 12 heavy (non-hydrogen) atoms. The van der Waals surface area contributed by atoms with Crippen LogP contribution in [0.4, 0.5) is 0 Å². The van der Waals surface area contributed by atoms with Crippen LogP contribution >= 0.6 is 11.3 Å². The molecule has 1 rings (SSSR count). The predicted molar refractivity (Wildman–Crippen MR) is 51.7 cm³/mol. The molecule has 0 fully saturated rings. The Hall–Kier alpha value is -0.830. The van der Waals surface area contributed by atoms with E-state index in [1.807, 2.05) is 26.8 Å². The molecule has 68 valence electrons. The van der Waals surface area contributed by atoms with E-state index in [-0.39, 0.29) is 5.97 Å². The van der Waals surface area contributed by atoms with E-state index in [4.69, 9.17) is 0 Å². The van der Waals surface area contributed by atoms with Crippen LogP contribution in [0.3, 0.4) is 0 Å². The number of thiophene rings is 1. The molecule has 0 amide bonds. The van der Waals surface area contributed by atoms with Gasteiger partial charge in [-0.15, -0.1) is 11.3 Å². The van der Waals surface area contributed by atoms with Crippen molar-refractivity contribution in [2.75, 3.05) is 7.11 Å². The number of carbonyl (C=O) groups is 1. The second-order valence-corrected chi connectivity index (χ2v) is 3.05. The summed E-state index contributed by atoms with van der Waals surface area (Å²) in [6.07, 6.45) is 0. The normalized spacial score (nSPS) is 8.33. The van der Waals surface area contributed by atoms with Gasteiger partial charge in [0.1, 0.15) is 0 Å². The molecule has 2 nitrogen and oxygen atoms in total. The van der Waals surface area contributed by atoms with Crippen LogP contribution in [-0.2, 0) is 4.74 Å². The van der Waals surface area contributed by atoms with Gasteiger partial charge in [0.05, 0.1) is 12.7 Å². The summed E-state index contributed by atoms with van der Waals surface area (Å²) in [4.78, 5) is 11.9. The van der Waals surface area contributed by atoms with Gasteiger partial charge in [0.15, 0.2) is 0 Å². The van der Waals surface area contributed by atoms with Crippen molar-refractivity contribution in [1.29, 1.82) is 0 Å². The molecule has 0 aliphatic carbocycles. The minimum absolute atomic E-state index is 0.260. The standard InChI is InChI=1S/C7H8O2S.C2H6/c1-5-3-6(4-10-5)7(8)9-2;1-2/h3-4H,1-2H3;1-2H3. The molecule has 0 N–H and O–H groups in total. The molecule has 0 radical (unpaired) electrons. The summed E-state index contributed by atoms with van der Waals surface area (Å²) in [6.45, 7) is 5.96. The number of carbonyl (C=O) groups excluding carboxylic acids is 1. The lowest BCUT2D eigenvalue weighted by atomic mass is 10.3. The van der Waals surface area contributed by atoms with E-state index in [1.54, 1.807) is 16.7 Å². The number of hydrogen-bond donors (Lipinski definition) is 0. The van der Waals surface area contributed by atoms with Crippen LogP contribution in [0.1, 0.15) is 29.1 Å². The minimum atomic E-state index is -0.260. The Morgan fingerprint density at radius 1 is 1.50 bits per heavy atom. The Bertz CT molecular complexity index is 240. The van der Waals surface area contributed by atoms with Crippen LogP contribution < -0.4 is 0 Å². The quantitative estimate of drug-likeness (QED) is 0.630. The number of aryl methyl sites for hydroxylation is 1. The smallest absolute Gasteiger partial charge is 0.338 e. The maximum atomic E-state index is 10.8. The fraction of sp³-hybridized carbons (Fsp3) is 0.444. The van der Waals surface area contributed by atoms with E-state index in [0.29, 0.717) is 5.56 Å². The Kier molecular flexibility index (Phi) is 5.37. The summed E-state index contributed by atoms with van der Waals surface area (Å²) >= 11 is 1.55. The largest absolute Gasteiger partial charge is 0.465 e. The maximum Gasteiger partial charge on any atom is 0.338 e. The second kappa shape index (κ2) is 5.77. The highest BCUT2D eigenvalue weighted by atomic mass is 32.1. The van der Waals surface area contributed by atoms with Gasteiger partial charge in [-0.25, -0.2) is 4.79 Å². The first-order valence-electron chi connectivity index (χ1n) is 3.87. The highest BCUT2D eigenvalue weighted by Crippen LogP contribution is 2.13. The van der Waals surface area contributed by atoms with Crippen molar-refractivity contribution in [2.45, 2.75) is 20.8 Å². The number of rotatable bonds is 1. The van der Waals surface area contributed by atoms with Crippen LogP contribution in [0.2, 0.25) is 0 Å². The summed E-state index contributed by atoms with van der Waals surface area (Å²) in [5.74, 6) is -0.260. The highest BCUT2D eigenvalue weighted by Gasteiger charge is 2.05. The molecule has 0 bridgehead atoms. The molecular weight excluding hydrogens is 172 g/mol. The molecule has 0 unspecified atom stereocenters. The van der Waals surface area contributed by atoms with Gasteiger partial charge in [0, 0.05) is 10.3 Å². The Balaban J connectivity index is 0.000000561. The molecule has 1 heterocycles. The first-order chi connectivity index (χ1) is 5.74. The van der Waals surface area contributed by atoms with Crippen LogP contribution in [0.25, 0.3) is 0 Å². The first-order valence-corrected chi connectivity index (χ1v) is 4.75. The Labute approximate surface area is 77.2 Å². The molecular formula is C9H14O2S. The van der Waals surface area contributed by atoms with Gasteiger partial charge in [0.25, 0.3) is 0 Å². The maximum absolute atomic E-state index is 10.8. The molecule has 0 saturated heterocycles. The van der Waals surface area contributed by atoms with Gasteiger partial charge in [-0.1, -0.05) is 13.8 Å². The Morgan fingerprint density at radius 2 is 2.08 bits per heavy atom. The van der Waals surface area contributed by atoms with E-state index in [0.717, 1.165) is 4.88 Å². The molecule has 0 atom stereocenters.